The molecule has 118 valence electrons. The van der Waals surface area contributed by atoms with E-state index in [4.69, 9.17) is 4.52 Å². The molecule has 3 aromatic heterocycles. The van der Waals surface area contributed by atoms with Crippen LogP contribution in [-0.4, -0.2) is 20.1 Å². The van der Waals surface area contributed by atoms with Gasteiger partial charge in [-0.1, -0.05) is 33.2 Å². The Morgan fingerprint density at radius 1 is 0.958 bits per heavy atom. The highest BCUT2D eigenvalue weighted by Crippen LogP contribution is 2.25. The second-order valence-electron chi connectivity index (χ2n) is 5.06. The molecule has 0 bridgehead atoms. The highest BCUT2D eigenvalue weighted by atomic mass is 79.9. The molecule has 0 aliphatic heterocycles. The van der Waals surface area contributed by atoms with E-state index >= 15 is 0 Å². The normalized spacial score (nSPS) is 10.9. The molecule has 1 aromatic carbocycles. The number of benzene rings is 1. The first-order chi connectivity index (χ1) is 11.8. The van der Waals surface area contributed by atoms with Gasteiger partial charge in [-0.15, -0.1) is 11.3 Å². The van der Waals surface area contributed by atoms with Crippen molar-refractivity contribution in [2.75, 3.05) is 0 Å². The first-order valence-electron chi connectivity index (χ1n) is 7.21. The molecule has 0 radical (unpaired) electrons. The van der Waals surface area contributed by atoms with Gasteiger partial charge in [-0.3, -0.25) is 4.98 Å². The number of rotatable bonds is 4. The maximum Gasteiger partial charge on any atom is 0.233 e. The summed E-state index contributed by atoms with van der Waals surface area (Å²) in [6.45, 7) is 0. The molecule has 24 heavy (non-hydrogen) atoms. The third kappa shape index (κ3) is 3.27. The first kappa shape index (κ1) is 15.2. The fraction of sp³-hybridized carbons (Fsp3) is 0.0588. The molecular weight excluding hydrogens is 388 g/mol. The van der Waals surface area contributed by atoms with E-state index in [1.807, 2.05) is 41.8 Å². The highest BCUT2D eigenvalue weighted by molar-refractivity contribution is 9.10. The van der Waals surface area contributed by atoms with E-state index in [0.29, 0.717) is 18.1 Å². The van der Waals surface area contributed by atoms with Crippen molar-refractivity contribution in [3.05, 3.63) is 69.5 Å². The molecule has 0 atom stereocenters. The van der Waals surface area contributed by atoms with Gasteiger partial charge in [0.1, 0.15) is 5.01 Å². The van der Waals surface area contributed by atoms with Crippen molar-refractivity contribution < 1.29 is 4.52 Å². The number of aromatic nitrogens is 4. The average molecular weight is 399 g/mol. The van der Waals surface area contributed by atoms with Gasteiger partial charge in [0.25, 0.3) is 0 Å². The standard InChI is InChI=1S/C17H11BrN4OS/c18-13-3-1-11(2-4-13)14-10-24-16(20-14)9-15-21-17(22-23-15)12-5-7-19-8-6-12/h1-8,10H,9H2. The van der Waals surface area contributed by atoms with Gasteiger partial charge in [0.05, 0.1) is 12.1 Å². The third-order valence-corrected chi connectivity index (χ3v) is 4.78. The summed E-state index contributed by atoms with van der Waals surface area (Å²) in [5, 5.41) is 7.00. The van der Waals surface area contributed by atoms with Crippen LogP contribution in [0.4, 0.5) is 0 Å². The minimum Gasteiger partial charge on any atom is -0.339 e. The summed E-state index contributed by atoms with van der Waals surface area (Å²) in [7, 11) is 0. The van der Waals surface area contributed by atoms with E-state index in [2.05, 4.69) is 36.0 Å². The summed E-state index contributed by atoms with van der Waals surface area (Å²) in [5.41, 5.74) is 2.93. The molecule has 3 heterocycles. The number of nitrogens with zero attached hydrogens (tertiary/aromatic N) is 4. The lowest BCUT2D eigenvalue weighted by atomic mass is 10.2. The Hall–Kier alpha value is -2.38. The molecule has 0 amide bonds. The molecule has 4 aromatic rings. The van der Waals surface area contributed by atoms with E-state index in [0.717, 1.165) is 26.3 Å². The minimum atomic E-state index is 0.527. The van der Waals surface area contributed by atoms with Crippen LogP contribution in [0.15, 0.2) is 63.2 Å². The van der Waals surface area contributed by atoms with Crippen LogP contribution in [0.5, 0.6) is 0 Å². The molecule has 5 nitrogen and oxygen atoms in total. The van der Waals surface area contributed by atoms with Gasteiger partial charge in [-0.2, -0.15) is 4.98 Å². The van der Waals surface area contributed by atoms with Crippen molar-refractivity contribution >= 4 is 27.3 Å². The zero-order chi connectivity index (χ0) is 16.4. The minimum absolute atomic E-state index is 0.527. The second kappa shape index (κ2) is 6.62. The van der Waals surface area contributed by atoms with Gasteiger partial charge in [0, 0.05) is 33.4 Å². The van der Waals surface area contributed by atoms with Crippen LogP contribution in [-0.2, 0) is 6.42 Å². The molecule has 4 rings (SSSR count). The van der Waals surface area contributed by atoms with E-state index in [1.165, 1.54) is 0 Å². The number of hydrogen-bond acceptors (Lipinski definition) is 6. The van der Waals surface area contributed by atoms with E-state index in [9.17, 15) is 0 Å². The lowest BCUT2D eigenvalue weighted by Crippen LogP contribution is -1.88. The Labute approximate surface area is 150 Å². The average Bonchev–Trinajstić information content (AvgIpc) is 3.27. The van der Waals surface area contributed by atoms with E-state index in [-0.39, 0.29) is 0 Å². The first-order valence-corrected chi connectivity index (χ1v) is 8.88. The predicted octanol–water partition coefficient (Wildman–Crippen LogP) is 4.61. The molecular formula is C17H11BrN4OS. The van der Waals surface area contributed by atoms with Gasteiger partial charge in [-0.25, -0.2) is 4.98 Å². The van der Waals surface area contributed by atoms with Crippen LogP contribution in [0.1, 0.15) is 10.9 Å². The number of pyridine rings is 1. The number of thiazole rings is 1. The van der Waals surface area contributed by atoms with Gasteiger partial charge in [0.2, 0.25) is 11.7 Å². The molecule has 0 saturated heterocycles. The van der Waals surface area contributed by atoms with Gasteiger partial charge < -0.3 is 4.52 Å². The smallest absolute Gasteiger partial charge is 0.233 e. The van der Waals surface area contributed by atoms with Crippen molar-refractivity contribution in [3.8, 4) is 22.6 Å². The zero-order valence-corrected chi connectivity index (χ0v) is 14.8. The van der Waals surface area contributed by atoms with Crippen molar-refractivity contribution in [2.24, 2.45) is 0 Å². The fourth-order valence-corrected chi connectivity index (χ4v) is 3.28. The molecule has 7 heteroatoms. The van der Waals surface area contributed by atoms with E-state index < -0.39 is 0 Å². The van der Waals surface area contributed by atoms with Crippen molar-refractivity contribution in [1.29, 1.82) is 0 Å². The van der Waals surface area contributed by atoms with Gasteiger partial charge >= 0.3 is 0 Å². The Balaban J connectivity index is 1.52. The van der Waals surface area contributed by atoms with Crippen LogP contribution in [0.3, 0.4) is 0 Å². The summed E-state index contributed by atoms with van der Waals surface area (Å²) in [6, 6.07) is 11.8. The quantitative estimate of drug-likeness (QED) is 0.502. The van der Waals surface area contributed by atoms with E-state index in [1.54, 1.807) is 23.7 Å². The monoisotopic (exact) mass is 398 g/mol. The molecule has 0 N–H and O–H groups in total. The lowest BCUT2D eigenvalue weighted by molar-refractivity contribution is 0.385. The molecule has 0 fully saturated rings. The largest absolute Gasteiger partial charge is 0.339 e. The Morgan fingerprint density at radius 2 is 1.75 bits per heavy atom. The Kier molecular flexibility index (Phi) is 4.18. The maximum atomic E-state index is 5.33. The second-order valence-corrected chi connectivity index (χ2v) is 6.92. The molecule has 0 aliphatic rings. The summed E-state index contributed by atoms with van der Waals surface area (Å²) < 4.78 is 6.38. The summed E-state index contributed by atoms with van der Waals surface area (Å²) in [5.74, 6) is 1.12. The summed E-state index contributed by atoms with van der Waals surface area (Å²) in [4.78, 5) is 13.1. The van der Waals surface area contributed by atoms with Crippen LogP contribution < -0.4 is 0 Å². The molecule has 0 unspecified atom stereocenters. The highest BCUT2D eigenvalue weighted by Gasteiger charge is 2.12. The summed E-state index contributed by atoms with van der Waals surface area (Å²) >= 11 is 5.03. The van der Waals surface area contributed by atoms with Crippen LogP contribution >= 0.6 is 27.3 Å². The third-order valence-electron chi connectivity index (χ3n) is 3.40. The van der Waals surface area contributed by atoms with Crippen molar-refractivity contribution in [2.45, 2.75) is 6.42 Å². The maximum absolute atomic E-state index is 5.33. The zero-order valence-electron chi connectivity index (χ0n) is 12.4. The van der Waals surface area contributed by atoms with Crippen LogP contribution in [0.25, 0.3) is 22.6 Å². The Morgan fingerprint density at radius 3 is 2.54 bits per heavy atom. The SMILES string of the molecule is Brc1ccc(-c2csc(Cc3nc(-c4ccncc4)no3)n2)cc1. The summed E-state index contributed by atoms with van der Waals surface area (Å²) in [6.07, 6.45) is 3.94. The Bertz CT molecular complexity index is 950. The predicted molar refractivity (Wildman–Crippen MR) is 95.6 cm³/mol. The fourth-order valence-electron chi connectivity index (χ4n) is 2.22. The van der Waals surface area contributed by atoms with Crippen LogP contribution in [0.2, 0.25) is 0 Å². The topological polar surface area (TPSA) is 64.7 Å². The van der Waals surface area contributed by atoms with Gasteiger partial charge in [0.15, 0.2) is 0 Å². The molecule has 0 saturated carbocycles. The van der Waals surface area contributed by atoms with Crippen LogP contribution in [0, 0.1) is 0 Å². The van der Waals surface area contributed by atoms with Crippen molar-refractivity contribution in [1.82, 2.24) is 20.1 Å². The lowest BCUT2D eigenvalue weighted by Gasteiger charge is -1.96. The molecule has 0 spiro atoms. The van der Waals surface area contributed by atoms with Gasteiger partial charge in [-0.05, 0) is 24.3 Å². The number of halogens is 1. The number of hydrogen-bond donors (Lipinski definition) is 0. The van der Waals surface area contributed by atoms with Crippen molar-refractivity contribution in [3.63, 3.8) is 0 Å². The molecule has 0 aliphatic carbocycles.